The van der Waals surface area contributed by atoms with Crippen LogP contribution in [-0.2, 0) is 26.4 Å². The molecular weight excluding hydrogens is 274 g/mol. The molecule has 2 aromatic heterocycles. The van der Waals surface area contributed by atoms with Gasteiger partial charge in [0.05, 0.1) is 6.20 Å². The average molecular weight is 292 g/mol. The first-order chi connectivity index (χ1) is 9.63. The molecule has 2 aromatic rings. The number of aryl methyl sites for hydroxylation is 2. The summed E-state index contributed by atoms with van der Waals surface area (Å²) in [5.41, 5.74) is 3.41. The fourth-order valence-electron chi connectivity index (χ4n) is 2.54. The number of anilines is 1. The molecule has 0 aromatic carbocycles. The molecule has 0 amide bonds. The van der Waals surface area contributed by atoms with Crippen LogP contribution in [0.5, 0.6) is 0 Å². The highest BCUT2D eigenvalue weighted by Gasteiger charge is 2.17. The first-order valence-corrected chi connectivity index (χ1v) is 7.26. The van der Waals surface area contributed by atoms with Gasteiger partial charge in [0.1, 0.15) is 5.15 Å². The monoisotopic (exact) mass is 291 g/mol. The highest BCUT2D eigenvalue weighted by atomic mass is 35.5. The van der Waals surface area contributed by atoms with Gasteiger partial charge >= 0.3 is 0 Å². The van der Waals surface area contributed by atoms with Crippen molar-refractivity contribution >= 4 is 17.5 Å². The van der Waals surface area contributed by atoms with Crippen molar-refractivity contribution in [2.45, 2.75) is 32.7 Å². The van der Waals surface area contributed by atoms with Crippen molar-refractivity contribution in [3.63, 3.8) is 0 Å². The van der Waals surface area contributed by atoms with Gasteiger partial charge in [-0.2, -0.15) is 5.10 Å². The molecule has 0 spiro atoms. The molecule has 0 saturated carbocycles. The van der Waals surface area contributed by atoms with E-state index >= 15 is 0 Å². The van der Waals surface area contributed by atoms with E-state index in [4.69, 9.17) is 11.6 Å². The first-order valence-electron chi connectivity index (χ1n) is 6.88. The SMILES string of the molecule is CC1CCc2nc(NCc3cnn(C)c3Cl)ncc2C1. The highest BCUT2D eigenvalue weighted by molar-refractivity contribution is 6.30. The van der Waals surface area contributed by atoms with Crippen LogP contribution < -0.4 is 5.32 Å². The van der Waals surface area contributed by atoms with Gasteiger partial charge in [-0.3, -0.25) is 4.68 Å². The molecule has 0 aliphatic heterocycles. The maximum absolute atomic E-state index is 6.13. The van der Waals surface area contributed by atoms with Crippen LogP contribution in [0.3, 0.4) is 0 Å². The summed E-state index contributed by atoms with van der Waals surface area (Å²) in [5, 5.41) is 7.97. The zero-order valence-electron chi connectivity index (χ0n) is 11.7. The third-order valence-corrected chi connectivity index (χ3v) is 4.26. The Morgan fingerprint density at radius 3 is 3.05 bits per heavy atom. The van der Waals surface area contributed by atoms with Crippen LogP contribution in [0.2, 0.25) is 5.15 Å². The molecule has 3 rings (SSSR count). The Morgan fingerprint density at radius 2 is 2.30 bits per heavy atom. The Labute approximate surface area is 123 Å². The van der Waals surface area contributed by atoms with Crippen LogP contribution in [0.4, 0.5) is 5.95 Å². The zero-order chi connectivity index (χ0) is 14.1. The van der Waals surface area contributed by atoms with E-state index in [2.05, 4.69) is 27.3 Å². The van der Waals surface area contributed by atoms with Crippen LogP contribution in [0.15, 0.2) is 12.4 Å². The second-order valence-corrected chi connectivity index (χ2v) is 5.81. The van der Waals surface area contributed by atoms with Gasteiger partial charge in [-0.25, -0.2) is 9.97 Å². The van der Waals surface area contributed by atoms with Gasteiger partial charge in [-0.05, 0) is 30.7 Å². The summed E-state index contributed by atoms with van der Waals surface area (Å²) in [5.74, 6) is 1.40. The van der Waals surface area contributed by atoms with E-state index in [9.17, 15) is 0 Å². The maximum atomic E-state index is 6.13. The lowest BCUT2D eigenvalue weighted by Crippen LogP contribution is -2.15. The van der Waals surface area contributed by atoms with Gasteiger partial charge in [-0.1, -0.05) is 18.5 Å². The van der Waals surface area contributed by atoms with Gasteiger partial charge in [0.15, 0.2) is 0 Å². The molecule has 1 atom stereocenters. The average Bonchev–Trinajstić information content (AvgIpc) is 2.76. The second-order valence-electron chi connectivity index (χ2n) is 5.45. The highest BCUT2D eigenvalue weighted by Crippen LogP contribution is 2.24. The first kappa shape index (κ1) is 13.4. The van der Waals surface area contributed by atoms with Gasteiger partial charge in [0, 0.05) is 31.0 Å². The second kappa shape index (κ2) is 5.40. The minimum absolute atomic E-state index is 0.585. The fraction of sp³-hybridized carbons (Fsp3) is 0.500. The predicted octanol–water partition coefficient (Wildman–Crippen LogP) is 2.60. The molecule has 1 aliphatic carbocycles. The fourth-order valence-corrected chi connectivity index (χ4v) is 2.70. The molecular formula is C14H18ClN5. The zero-order valence-corrected chi connectivity index (χ0v) is 12.5. The Morgan fingerprint density at radius 1 is 1.45 bits per heavy atom. The van der Waals surface area contributed by atoms with Crippen LogP contribution in [0.25, 0.3) is 0 Å². The van der Waals surface area contributed by atoms with Crippen molar-refractivity contribution in [3.8, 4) is 0 Å². The predicted molar refractivity (Wildman–Crippen MR) is 78.8 cm³/mol. The number of nitrogens with zero attached hydrogens (tertiary/aromatic N) is 4. The molecule has 0 bridgehead atoms. The Hall–Kier alpha value is -1.62. The van der Waals surface area contributed by atoms with Crippen molar-refractivity contribution in [1.29, 1.82) is 0 Å². The molecule has 2 heterocycles. The topological polar surface area (TPSA) is 55.6 Å². The van der Waals surface area contributed by atoms with Crippen LogP contribution in [0, 0.1) is 5.92 Å². The molecule has 0 saturated heterocycles. The third kappa shape index (κ3) is 2.63. The molecule has 5 nitrogen and oxygen atoms in total. The van der Waals surface area contributed by atoms with Crippen LogP contribution >= 0.6 is 11.6 Å². The standard InChI is InChI=1S/C14H18ClN5/c1-9-3-4-12-10(5-9)6-16-14(19-12)17-7-11-8-18-20(2)13(11)15/h6,8-9H,3-5,7H2,1-2H3,(H,16,17,19). The third-order valence-electron chi connectivity index (χ3n) is 3.77. The van der Waals surface area contributed by atoms with E-state index in [0.717, 1.165) is 24.3 Å². The summed E-state index contributed by atoms with van der Waals surface area (Å²) < 4.78 is 1.65. The van der Waals surface area contributed by atoms with Crippen molar-refractivity contribution in [2.24, 2.45) is 13.0 Å². The Balaban J connectivity index is 1.71. The summed E-state index contributed by atoms with van der Waals surface area (Å²) in [6.45, 7) is 2.86. The van der Waals surface area contributed by atoms with Crippen LogP contribution in [-0.4, -0.2) is 19.7 Å². The van der Waals surface area contributed by atoms with Gasteiger partial charge < -0.3 is 5.32 Å². The molecule has 1 unspecified atom stereocenters. The lowest BCUT2D eigenvalue weighted by molar-refractivity contribution is 0.492. The summed E-state index contributed by atoms with van der Waals surface area (Å²) in [6, 6.07) is 0. The molecule has 1 aliphatic rings. The number of hydrogen-bond acceptors (Lipinski definition) is 4. The minimum Gasteiger partial charge on any atom is -0.350 e. The van der Waals surface area contributed by atoms with Crippen molar-refractivity contribution in [2.75, 3.05) is 5.32 Å². The lowest BCUT2D eigenvalue weighted by atomic mass is 9.89. The molecule has 0 radical (unpaired) electrons. The van der Waals surface area contributed by atoms with E-state index in [-0.39, 0.29) is 0 Å². The number of rotatable bonds is 3. The van der Waals surface area contributed by atoms with Gasteiger partial charge in [0.2, 0.25) is 5.95 Å². The van der Waals surface area contributed by atoms with E-state index in [1.54, 1.807) is 10.9 Å². The van der Waals surface area contributed by atoms with Crippen molar-refractivity contribution in [1.82, 2.24) is 19.7 Å². The number of nitrogens with one attached hydrogen (secondary N) is 1. The molecule has 1 N–H and O–H groups in total. The summed E-state index contributed by atoms with van der Waals surface area (Å²) in [4.78, 5) is 8.99. The quantitative estimate of drug-likeness (QED) is 0.944. The summed E-state index contributed by atoms with van der Waals surface area (Å²) in [6.07, 6.45) is 7.05. The number of aromatic nitrogens is 4. The van der Waals surface area contributed by atoms with Gasteiger partial charge in [0.25, 0.3) is 0 Å². The normalized spacial score (nSPS) is 17.9. The molecule has 106 valence electrons. The Kier molecular flexibility index (Phi) is 3.61. The number of hydrogen-bond donors (Lipinski definition) is 1. The maximum Gasteiger partial charge on any atom is 0.223 e. The molecule has 20 heavy (non-hydrogen) atoms. The van der Waals surface area contributed by atoms with Crippen molar-refractivity contribution < 1.29 is 0 Å². The lowest BCUT2D eigenvalue weighted by Gasteiger charge is -2.20. The number of fused-ring (bicyclic) bond motifs is 1. The van der Waals surface area contributed by atoms with Crippen LogP contribution in [0.1, 0.15) is 30.2 Å². The van der Waals surface area contributed by atoms with E-state index in [0.29, 0.717) is 17.6 Å². The van der Waals surface area contributed by atoms with E-state index in [1.165, 1.54) is 17.7 Å². The van der Waals surface area contributed by atoms with Crippen molar-refractivity contribution in [3.05, 3.63) is 34.4 Å². The van der Waals surface area contributed by atoms with E-state index in [1.807, 2.05) is 13.2 Å². The minimum atomic E-state index is 0.585. The van der Waals surface area contributed by atoms with E-state index < -0.39 is 0 Å². The number of halogens is 1. The largest absolute Gasteiger partial charge is 0.350 e. The Bertz CT molecular complexity index is 622. The van der Waals surface area contributed by atoms with Gasteiger partial charge in [-0.15, -0.1) is 0 Å². The molecule has 0 fully saturated rings. The summed E-state index contributed by atoms with van der Waals surface area (Å²) in [7, 11) is 1.82. The molecule has 6 heteroatoms. The summed E-state index contributed by atoms with van der Waals surface area (Å²) >= 11 is 6.13. The smallest absolute Gasteiger partial charge is 0.223 e.